The van der Waals surface area contributed by atoms with Crippen LogP contribution in [0.1, 0.15) is 296 Å². The van der Waals surface area contributed by atoms with Crippen molar-refractivity contribution in [3.63, 3.8) is 0 Å². The maximum Gasteiger partial charge on any atom is 0.306 e. The molecule has 0 heterocycles. The second-order valence-electron chi connectivity index (χ2n) is 26.5. The molecule has 548 valence electrons. The summed E-state index contributed by atoms with van der Waals surface area (Å²) in [7, 11) is 5.93. The van der Waals surface area contributed by atoms with Gasteiger partial charge in [-0.15, -0.1) is 0 Å². The van der Waals surface area contributed by atoms with E-state index in [2.05, 4.69) is 196 Å². The van der Waals surface area contributed by atoms with Gasteiger partial charge in [0.05, 0.1) is 40.3 Å². The maximum absolute atomic E-state index is 13.0. The molecule has 0 aromatic carbocycles. The Balaban J connectivity index is 4.12. The zero-order valence-electron chi connectivity index (χ0n) is 62.6. The van der Waals surface area contributed by atoms with Gasteiger partial charge in [-0.25, -0.2) is 0 Å². The molecule has 0 amide bonds. The van der Waals surface area contributed by atoms with Crippen LogP contribution in [-0.2, 0) is 33.3 Å². The number of rotatable bonds is 70. The molecule has 0 fully saturated rings. The number of carbonyl (C=O) groups excluding carboxylic acids is 3. The number of aliphatic carboxylic acids is 1. The second-order valence-corrected chi connectivity index (χ2v) is 26.5. The van der Waals surface area contributed by atoms with Gasteiger partial charge in [0.15, 0.2) is 12.4 Å². The van der Waals surface area contributed by atoms with Crippen LogP contribution in [0.3, 0.4) is 0 Å². The van der Waals surface area contributed by atoms with Crippen LogP contribution in [0.5, 0.6) is 0 Å². The summed E-state index contributed by atoms with van der Waals surface area (Å²) in [4.78, 5) is 37.6. The molecule has 0 saturated carbocycles. The number of hydrogen-bond acceptors (Lipinski definition) is 8. The number of nitrogens with zero attached hydrogens (tertiary/aromatic N) is 1. The van der Waals surface area contributed by atoms with Gasteiger partial charge in [-0.3, -0.25) is 9.59 Å². The smallest absolute Gasteiger partial charge is 0.306 e. The molecule has 9 nitrogen and oxygen atoms in total. The van der Waals surface area contributed by atoms with E-state index in [0.29, 0.717) is 17.4 Å². The first-order valence-corrected chi connectivity index (χ1v) is 38.9. The van der Waals surface area contributed by atoms with E-state index >= 15 is 0 Å². The van der Waals surface area contributed by atoms with E-state index in [1.54, 1.807) is 0 Å². The Labute approximate surface area is 596 Å². The van der Waals surface area contributed by atoms with Crippen molar-refractivity contribution in [2.24, 2.45) is 0 Å². The van der Waals surface area contributed by atoms with Gasteiger partial charge in [-0.1, -0.05) is 331 Å². The van der Waals surface area contributed by atoms with E-state index in [0.717, 1.165) is 141 Å². The topological polar surface area (TPSA) is 111 Å². The highest BCUT2D eigenvalue weighted by molar-refractivity contribution is 5.70. The van der Waals surface area contributed by atoms with Crippen LogP contribution in [-0.4, -0.2) is 82.3 Å². The van der Waals surface area contributed by atoms with E-state index in [-0.39, 0.29) is 38.6 Å². The summed E-state index contributed by atoms with van der Waals surface area (Å²) in [6, 6.07) is 0. The number of allylic oxidation sites excluding steroid dienone is 30. The maximum atomic E-state index is 13.0. The number of hydrogen-bond donors (Lipinski definition) is 0. The number of esters is 2. The molecule has 0 aliphatic carbocycles. The van der Waals surface area contributed by atoms with E-state index in [1.165, 1.54) is 122 Å². The minimum atomic E-state index is -1.63. The molecule has 2 atom stereocenters. The van der Waals surface area contributed by atoms with E-state index in [4.69, 9.17) is 18.9 Å². The predicted molar refractivity (Wildman–Crippen MR) is 416 cm³/mol. The minimum Gasteiger partial charge on any atom is -0.545 e. The van der Waals surface area contributed by atoms with Gasteiger partial charge in [0, 0.05) is 12.8 Å². The lowest BCUT2D eigenvalue weighted by molar-refractivity contribution is -0.870. The monoisotopic (exact) mass is 1340 g/mol. The van der Waals surface area contributed by atoms with E-state index < -0.39 is 24.3 Å². The molecule has 0 aromatic rings. The molecule has 0 saturated heterocycles. The number of carbonyl (C=O) groups is 3. The lowest BCUT2D eigenvalue weighted by atomic mass is 10.0. The highest BCUT2D eigenvalue weighted by Crippen LogP contribution is 2.17. The summed E-state index contributed by atoms with van der Waals surface area (Å²) in [6.45, 7) is 4.52. The van der Waals surface area contributed by atoms with Crippen LogP contribution in [0.2, 0.25) is 0 Å². The van der Waals surface area contributed by atoms with Crippen LogP contribution in [0, 0.1) is 0 Å². The summed E-state index contributed by atoms with van der Waals surface area (Å²) >= 11 is 0. The first-order chi connectivity index (χ1) is 47.6. The van der Waals surface area contributed by atoms with Crippen molar-refractivity contribution in [2.75, 3.05) is 47.5 Å². The molecule has 0 aromatic heterocycles. The number of quaternary nitrogens is 1. The second kappa shape index (κ2) is 76.1. The van der Waals surface area contributed by atoms with Gasteiger partial charge in [-0.05, 0) is 135 Å². The average molecular weight is 1340 g/mol. The lowest BCUT2D eigenvalue weighted by Gasteiger charge is -2.26. The summed E-state index contributed by atoms with van der Waals surface area (Å²) in [6.07, 6.45) is 113. The van der Waals surface area contributed by atoms with Crippen molar-refractivity contribution in [1.82, 2.24) is 0 Å². The largest absolute Gasteiger partial charge is 0.545 e. The van der Waals surface area contributed by atoms with Gasteiger partial charge in [-0.2, -0.15) is 0 Å². The van der Waals surface area contributed by atoms with Gasteiger partial charge in [0.1, 0.15) is 13.2 Å². The molecule has 0 rings (SSSR count). The first kappa shape index (κ1) is 91.4. The van der Waals surface area contributed by atoms with Crippen molar-refractivity contribution in [3.05, 3.63) is 182 Å². The number of carboxylic acid groups (broad SMARTS) is 1. The molecule has 0 aliphatic heterocycles. The Morgan fingerprint density at radius 2 is 0.557 bits per heavy atom. The van der Waals surface area contributed by atoms with Crippen LogP contribution in [0.25, 0.3) is 0 Å². The van der Waals surface area contributed by atoms with Gasteiger partial charge < -0.3 is 33.3 Å². The minimum absolute atomic E-state index is 0.139. The number of carboxylic acids is 1. The Morgan fingerprint density at radius 1 is 0.309 bits per heavy atom. The Kier molecular flexibility index (Phi) is 71.7. The zero-order valence-corrected chi connectivity index (χ0v) is 62.6. The van der Waals surface area contributed by atoms with Crippen molar-refractivity contribution < 1.29 is 42.9 Å². The third-order valence-electron chi connectivity index (χ3n) is 16.1. The molecule has 2 unspecified atom stereocenters. The van der Waals surface area contributed by atoms with Crippen LogP contribution in [0.15, 0.2) is 182 Å². The SMILES string of the molecule is CC/C=C\C/C=C\C/C=C\C/C=C\C/C=C\C/C=C\C/C=C\C/C=C\CCCCCCCCCCCCC(=O)OC(COC(=O)CCCCCCCCCCCCCCCCC/C=C\C/C=C\C/C=C\C/C=C\C/C=C\C/C=C\C/C=C\CC)COC(OCC[N+](C)(C)C)C(=O)[O-]. The molecular weight excluding hydrogens is 1200 g/mol. The molecule has 0 bridgehead atoms. The first-order valence-electron chi connectivity index (χ1n) is 38.9. The van der Waals surface area contributed by atoms with Crippen LogP contribution < -0.4 is 5.11 Å². The molecule has 0 N–H and O–H groups in total. The highest BCUT2D eigenvalue weighted by atomic mass is 16.7. The Morgan fingerprint density at radius 3 is 0.825 bits per heavy atom. The highest BCUT2D eigenvalue weighted by Gasteiger charge is 2.22. The normalized spacial score (nSPS) is 13.7. The van der Waals surface area contributed by atoms with Crippen molar-refractivity contribution in [3.8, 4) is 0 Å². The molecule has 9 heteroatoms. The molecular formula is C88H143NO8. The van der Waals surface area contributed by atoms with Crippen LogP contribution in [0.4, 0.5) is 0 Å². The summed E-state index contributed by atoms with van der Waals surface area (Å²) in [5.41, 5.74) is 0. The average Bonchev–Trinajstić information content (AvgIpc) is 3.74. The molecule has 0 radical (unpaired) electrons. The van der Waals surface area contributed by atoms with Gasteiger partial charge >= 0.3 is 11.9 Å². The fourth-order valence-corrected chi connectivity index (χ4v) is 10.3. The third-order valence-corrected chi connectivity index (χ3v) is 16.1. The molecule has 0 aliphatic rings. The van der Waals surface area contributed by atoms with Gasteiger partial charge in [0.25, 0.3) is 0 Å². The van der Waals surface area contributed by atoms with E-state index in [9.17, 15) is 19.5 Å². The summed E-state index contributed by atoms with van der Waals surface area (Å²) in [5.74, 6) is -2.30. The van der Waals surface area contributed by atoms with Crippen LogP contribution >= 0.6 is 0 Å². The Bertz CT molecular complexity index is 2260. The number of unbranched alkanes of at least 4 members (excludes halogenated alkanes) is 25. The lowest BCUT2D eigenvalue weighted by Crippen LogP contribution is -2.44. The number of likely N-dealkylation sites (N-methyl/N-ethyl adjacent to an activating group) is 1. The predicted octanol–water partition coefficient (Wildman–Crippen LogP) is 23.8. The fraction of sp³-hybridized carbons (Fsp3) is 0.625. The standard InChI is InChI=1S/C88H143NO8/c1-6-8-10-12-14-16-18-20-22-24-26-28-30-32-34-36-38-40-42-43-45-46-48-50-52-54-56-58-60-62-64-66-68-70-72-74-76-78-85(90)95-82-84(83-96-88(87(92)93)94-81-80-89(3,4)5)97-86(91)79-77-75-73-71-69-67-65-63-61-59-57-55-53-51-49-47-44-41-39-37-35-33-31-29-27-25-23-21-19-17-15-13-11-9-7-2/h8-11,14-17,20-23,26-29,32-35,38-41,43,45,47,49,53,55,84,88H,6-7,12-13,18-19,24-25,30-31,36-37,42,44,46,48,50-52,54,56-83H2,1-5H3/b10-8-,11-9-,16-14-,17-15-,22-20-,23-21-,28-26-,29-27-,34-32-,35-33-,40-38-,41-39-,45-43-,49-47-,55-53-. The Hall–Kier alpha value is -5.61. The zero-order chi connectivity index (χ0) is 70.4. The van der Waals surface area contributed by atoms with Crippen molar-refractivity contribution >= 4 is 17.9 Å². The summed E-state index contributed by atoms with van der Waals surface area (Å²) in [5, 5.41) is 11.9. The number of ether oxygens (including phenoxy) is 4. The summed E-state index contributed by atoms with van der Waals surface area (Å²) < 4.78 is 22.8. The van der Waals surface area contributed by atoms with Gasteiger partial charge in [0.2, 0.25) is 0 Å². The third kappa shape index (κ3) is 77.6. The fourth-order valence-electron chi connectivity index (χ4n) is 10.3. The van der Waals surface area contributed by atoms with Crippen molar-refractivity contribution in [2.45, 2.75) is 309 Å². The quantitative estimate of drug-likeness (QED) is 0.0195. The molecule has 0 spiro atoms. The van der Waals surface area contributed by atoms with Crippen molar-refractivity contribution in [1.29, 1.82) is 0 Å². The van der Waals surface area contributed by atoms with E-state index in [1.807, 2.05) is 21.1 Å². The molecule has 97 heavy (non-hydrogen) atoms.